The zero-order valence-corrected chi connectivity index (χ0v) is 9.26. The Bertz CT molecular complexity index is 256. The third-order valence-electron chi connectivity index (χ3n) is 1.48. The Morgan fingerprint density at radius 3 is 2.06 bits per heavy atom. The Morgan fingerprint density at radius 1 is 1.19 bits per heavy atom. The summed E-state index contributed by atoms with van der Waals surface area (Å²) in [6.07, 6.45) is 2.82. The lowest BCUT2D eigenvalue weighted by atomic mass is 10.3. The second-order valence-electron chi connectivity index (χ2n) is 2.60. The normalized spacial score (nSPS) is 10.2. The van der Waals surface area contributed by atoms with Crippen LogP contribution in [-0.4, -0.2) is 37.5 Å². The molecule has 0 aliphatic carbocycles. The van der Waals surface area contributed by atoms with E-state index in [1.807, 2.05) is 0 Å². The summed E-state index contributed by atoms with van der Waals surface area (Å²) in [6.45, 7) is 3.57. The standard InChI is InChI=1S/C10H15NO5/c1-3-15-9(13)8(10(14)16-4-2)11-6-5-7-12/h5-8,11H,3-4H2,1-2H3/b6-5+. The van der Waals surface area contributed by atoms with E-state index in [9.17, 15) is 14.4 Å². The van der Waals surface area contributed by atoms with Crippen molar-refractivity contribution in [3.63, 3.8) is 0 Å². The van der Waals surface area contributed by atoms with Crippen molar-refractivity contribution in [3.05, 3.63) is 12.3 Å². The van der Waals surface area contributed by atoms with E-state index in [1.54, 1.807) is 13.8 Å². The number of hydrogen-bond donors (Lipinski definition) is 1. The van der Waals surface area contributed by atoms with Crippen molar-refractivity contribution in [2.45, 2.75) is 19.9 Å². The number of nitrogens with one attached hydrogen (secondary N) is 1. The van der Waals surface area contributed by atoms with Gasteiger partial charge in [-0.15, -0.1) is 0 Å². The van der Waals surface area contributed by atoms with Crippen LogP contribution >= 0.6 is 0 Å². The summed E-state index contributed by atoms with van der Waals surface area (Å²) in [6, 6.07) is -1.24. The van der Waals surface area contributed by atoms with Gasteiger partial charge in [0.15, 0.2) is 0 Å². The zero-order valence-electron chi connectivity index (χ0n) is 9.26. The molecule has 0 unspecified atom stereocenters. The van der Waals surface area contributed by atoms with Crippen LogP contribution in [0.25, 0.3) is 0 Å². The van der Waals surface area contributed by atoms with Crippen LogP contribution in [0, 0.1) is 0 Å². The lowest BCUT2D eigenvalue weighted by Gasteiger charge is -2.13. The van der Waals surface area contributed by atoms with Crippen LogP contribution in [0.4, 0.5) is 0 Å². The average molecular weight is 229 g/mol. The number of esters is 2. The summed E-state index contributed by atoms with van der Waals surface area (Å²) >= 11 is 0. The monoisotopic (exact) mass is 229 g/mol. The molecule has 0 rings (SSSR count). The number of aldehydes is 1. The molecule has 0 aromatic carbocycles. The van der Waals surface area contributed by atoms with Gasteiger partial charge in [0.05, 0.1) is 13.2 Å². The molecule has 0 saturated heterocycles. The predicted octanol–water partition coefficient (Wildman–Crippen LogP) is -0.217. The molecule has 1 N–H and O–H groups in total. The molecule has 0 bridgehead atoms. The second-order valence-corrected chi connectivity index (χ2v) is 2.60. The van der Waals surface area contributed by atoms with Crippen LogP contribution in [0.2, 0.25) is 0 Å². The molecule has 0 aliphatic rings. The quantitative estimate of drug-likeness (QED) is 0.281. The maximum Gasteiger partial charge on any atom is 0.340 e. The van der Waals surface area contributed by atoms with E-state index >= 15 is 0 Å². The van der Waals surface area contributed by atoms with E-state index in [2.05, 4.69) is 14.8 Å². The molecule has 0 spiro atoms. The van der Waals surface area contributed by atoms with Crippen molar-refractivity contribution < 1.29 is 23.9 Å². The maximum atomic E-state index is 11.3. The molecule has 0 heterocycles. The molecule has 0 aromatic heterocycles. The third kappa shape index (κ3) is 5.14. The fourth-order valence-corrected chi connectivity index (χ4v) is 0.875. The average Bonchev–Trinajstić information content (AvgIpc) is 2.25. The van der Waals surface area contributed by atoms with Gasteiger partial charge in [-0.1, -0.05) is 0 Å². The summed E-state index contributed by atoms with van der Waals surface area (Å²) in [5.74, 6) is -1.48. The Labute approximate surface area is 93.6 Å². The Hall–Kier alpha value is -1.85. The highest BCUT2D eigenvalue weighted by Crippen LogP contribution is 1.94. The minimum absolute atomic E-state index is 0.161. The van der Waals surface area contributed by atoms with Crippen molar-refractivity contribution >= 4 is 18.2 Å². The van der Waals surface area contributed by atoms with E-state index in [1.165, 1.54) is 6.20 Å². The fourth-order valence-electron chi connectivity index (χ4n) is 0.875. The SMILES string of the molecule is CCOC(=O)C(N/C=C/C=O)C(=O)OCC. The first-order chi connectivity index (χ1) is 7.67. The minimum Gasteiger partial charge on any atom is -0.464 e. The van der Waals surface area contributed by atoms with Gasteiger partial charge in [-0.25, -0.2) is 9.59 Å². The van der Waals surface area contributed by atoms with Crippen LogP contribution in [0.15, 0.2) is 12.3 Å². The Balaban J connectivity index is 4.48. The van der Waals surface area contributed by atoms with E-state index < -0.39 is 18.0 Å². The fraction of sp³-hybridized carbons (Fsp3) is 0.500. The van der Waals surface area contributed by atoms with E-state index in [0.717, 1.165) is 6.08 Å². The highest BCUT2D eigenvalue weighted by molar-refractivity contribution is 5.99. The van der Waals surface area contributed by atoms with Gasteiger partial charge in [-0.05, 0) is 19.9 Å². The first-order valence-electron chi connectivity index (χ1n) is 4.87. The highest BCUT2D eigenvalue weighted by atomic mass is 16.6. The largest absolute Gasteiger partial charge is 0.464 e. The van der Waals surface area contributed by atoms with Gasteiger partial charge in [0, 0.05) is 6.20 Å². The molecule has 0 fully saturated rings. The molecule has 6 heteroatoms. The molecule has 0 amide bonds. The zero-order chi connectivity index (χ0) is 12.4. The van der Waals surface area contributed by atoms with Crippen molar-refractivity contribution in [3.8, 4) is 0 Å². The van der Waals surface area contributed by atoms with E-state index in [4.69, 9.17) is 0 Å². The van der Waals surface area contributed by atoms with Crippen molar-refractivity contribution in [2.75, 3.05) is 13.2 Å². The molecule has 0 saturated carbocycles. The first kappa shape index (κ1) is 14.2. The molecule has 16 heavy (non-hydrogen) atoms. The molecule has 0 radical (unpaired) electrons. The lowest BCUT2D eigenvalue weighted by molar-refractivity contribution is -0.157. The predicted molar refractivity (Wildman–Crippen MR) is 55.4 cm³/mol. The van der Waals surface area contributed by atoms with Gasteiger partial charge in [-0.3, -0.25) is 4.79 Å². The Kier molecular flexibility index (Phi) is 7.48. The number of allylic oxidation sites excluding steroid dienone is 1. The number of carbonyl (C=O) groups is 3. The summed E-state index contributed by atoms with van der Waals surface area (Å²) < 4.78 is 9.36. The molecular formula is C10H15NO5. The smallest absolute Gasteiger partial charge is 0.340 e. The topological polar surface area (TPSA) is 81.7 Å². The third-order valence-corrected chi connectivity index (χ3v) is 1.48. The summed E-state index contributed by atoms with van der Waals surface area (Å²) in [5.41, 5.74) is 0. The molecule has 90 valence electrons. The van der Waals surface area contributed by atoms with Gasteiger partial charge in [0.1, 0.15) is 6.29 Å². The highest BCUT2D eigenvalue weighted by Gasteiger charge is 2.27. The molecular weight excluding hydrogens is 214 g/mol. The molecule has 0 aromatic rings. The van der Waals surface area contributed by atoms with E-state index in [0.29, 0.717) is 6.29 Å². The lowest BCUT2D eigenvalue weighted by Crippen LogP contribution is -2.43. The number of hydrogen-bond acceptors (Lipinski definition) is 6. The maximum absolute atomic E-state index is 11.3. The van der Waals surface area contributed by atoms with Gasteiger partial charge >= 0.3 is 11.9 Å². The van der Waals surface area contributed by atoms with Crippen LogP contribution in [-0.2, 0) is 23.9 Å². The Morgan fingerprint density at radius 2 is 1.69 bits per heavy atom. The molecule has 0 aliphatic heterocycles. The van der Waals surface area contributed by atoms with Crippen LogP contribution < -0.4 is 5.32 Å². The van der Waals surface area contributed by atoms with Gasteiger partial charge in [0.2, 0.25) is 6.04 Å². The number of rotatable bonds is 7. The number of carbonyl (C=O) groups excluding carboxylic acids is 3. The minimum atomic E-state index is -1.24. The molecule has 0 atom stereocenters. The van der Waals surface area contributed by atoms with Gasteiger partial charge < -0.3 is 14.8 Å². The number of ether oxygens (including phenoxy) is 2. The van der Waals surface area contributed by atoms with Gasteiger partial charge in [-0.2, -0.15) is 0 Å². The summed E-state index contributed by atoms with van der Waals surface area (Å²) in [4.78, 5) is 32.7. The van der Waals surface area contributed by atoms with Crippen LogP contribution in [0.5, 0.6) is 0 Å². The van der Waals surface area contributed by atoms with Crippen molar-refractivity contribution in [1.82, 2.24) is 5.32 Å². The van der Waals surface area contributed by atoms with Crippen LogP contribution in [0.3, 0.4) is 0 Å². The summed E-state index contributed by atoms with van der Waals surface area (Å²) in [5, 5.41) is 2.43. The van der Waals surface area contributed by atoms with Crippen molar-refractivity contribution in [1.29, 1.82) is 0 Å². The van der Waals surface area contributed by atoms with Gasteiger partial charge in [0.25, 0.3) is 0 Å². The van der Waals surface area contributed by atoms with E-state index in [-0.39, 0.29) is 13.2 Å². The van der Waals surface area contributed by atoms with Crippen molar-refractivity contribution in [2.24, 2.45) is 0 Å². The second kappa shape index (κ2) is 8.46. The summed E-state index contributed by atoms with van der Waals surface area (Å²) in [7, 11) is 0. The van der Waals surface area contributed by atoms with Crippen LogP contribution in [0.1, 0.15) is 13.8 Å². The first-order valence-corrected chi connectivity index (χ1v) is 4.87. The molecule has 6 nitrogen and oxygen atoms in total.